The lowest BCUT2D eigenvalue weighted by molar-refractivity contribution is -0.122. The van der Waals surface area contributed by atoms with Gasteiger partial charge in [0.25, 0.3) is 0 Å². The molecule has 1 aliphatic heterocycles. The van der Waals surface area contributed by atoms with Crippen LogP contribution in [0.4, 0.5) is 0 Å². The van der Waals surface area contributed by atoms with E-state index >= 15 is 0 Å². The van der Waals surface area contributed by atoms with E-state index in [2.05, 4.69) is 22.3 Å². The van der Waals surface area contributed by atoms with Crippen LogP contribution in [0.15, 0.2) is 30.3 Å². The van der Waals surface area contributed by atoms with E-state index in [0.717, 1.165) is 26.2 Å². The minimum atomic E-state index is 0.0361. The lowest BCUT2D eigenvalue weighted by atomic mass is 10.1. The van der Waals surface area contributed by atoms with Crippen LogP contribution in [-0.2, 0) is 11.3 Å². The Morgan fingerprint density at radius 3 is 2.88 bits per heavy atom. The molecule has 0 aromatic heterocycles. The van der Waals surface area contributed by atoms with Crippen molar-refractivity contribution in [1.82, 2.24) is 10.2 Å². The first-order valence-electron chi connectivity index (χ1n) is 5.76. The smallest absolute Gasteiger partial charge is 0.148 e. The standard InChI is InChI=1S/C13H18N2O/c1-11(16)13-9-14-7-8-15(13)10-12-5-3-2-4-6-12/h2-6,13-14H,7-10H2,1H3. The van der Waals surface area contributed by atoms with E-state index in [1.807, 2.05) is 18.2 Å². The monoisotopic (exact) mass is 218 g/mol. The van der Waals surface area contributed by atoms with Crippen molar-refractivity contribution in [2.24, 2.45) is 0 Å². The van der Waals surface area contributed by atoms with E-state index < -0.39 is 0 Å². The molecule has 0 bridgehead atoms. The number of hydrogen-bond donors (Lipinski definition) is 1. The zero-order valence-corrected chi connectivity index (χ0v) is 9.65. The number of Topliss-reactive ketones (excluding diaryl/α,β-unsaturated/α-hetero) is 1. The molecule has 1 aromatic carbocycles. The average Bonchev–Trinajstić information content (AvgIpc) is 2.31. The van der Waals surface area contributed by atoms with Crippen LogP contribution in [0, 0.1) is 0 Å². The molecular weight excluding hydrogens is 200 g/mol. The summed E-state index contributed by atoms with van der Waals surface area (Å²) in [6.07, 6.45) is 0. The Balaban J connectivity index is 2.04. The van der Waals surface area contributed by atoms with E-state index in [-0.39, 0.29) is 11.8 Å². The number of hydrogen-bond acceptors (Lipinski definition) is 3. The van der Waals surface area contributed by atoms with Crippen LogP contribution in [0.1, 0.15) is 12.5 Å². The van der Waals surface area contributed by atoms with E-state index in [4.69, 9.17) is 0 Å². The van der Waals surface area contributed by atoms with Crippen LogP contribution < -0.4 is 5.32 Å². The summed E-state index contributed by atoms with van der Waals surface area (Å²) in [5.41, 5.74) is 1.27. The summed E-state index contributed by atoms with van der Waals surface area (Å²) in [6, 6.07) is 10.4. The fraction of sp³-hybridized carbons (Fsp3) is 0.462. The molecule has 0 saturated carbocycles. The average molecular weight is 218 g/mol. The van der Waals surface area contributed by atoms with E-state index in [0.29, 0.717) is 0 Å². The third-order valence-corrected chi connectivity index (χ3v) is 3.05. The van der Waals surface area contributed by atoms with E-state index in [1.54, 1.807) is 6.92 Å². The molecule has 0 radical (unpaired) electrons. The summed E-state index contributed by atoms with van der Waals surface area (Å²) in [4.78, 5) is 13.8. The molecule has 1 saturated heterocycles. The molecule has 86 valence electrons. The first kappa shape index (κ1) is 11.3. The second kappa shape index (κ2) is 5.23. The minimum Gasteiger partial charge on any atom is -0.313 e. The van der Waals surface area contributed by atoms with Crippen molar-refractivity contribution in [2.75, 3.05) is 19.6 Å². The third-order valence-electron chi connectivity index (χ3n) is 3.05. The normalized spacial score (nSPS) is 21.9. The maximum atomic E-state index is 11.5. The van der Waals surface area contributed by atoms with Crippen molar-refractivity contribution < 1.29 is 4.79 Å². The van der Waals surface area contributed by atoms with Crippen LogP contribution in [0.2, 0.25) is 0 Å². The van der Waals surface area contributed by atoms with Gasteiger partial charge in [-0.05, 0) is 12.5 Å². The number of nitrogens with zero attached hydrogens (tertiary/aromatic N) is 1. The second-order valence-electron chi connectivity index (χ2n) is 4.29. The van der Waals surface area contributed by atoms with Gasteiger partial charge in [0.1, 0.15) is 5.78 Å². The minimum absolute atomic E-state index is 0.0361. The van der Waals surface area contributed by atoms with Gasteiger partial charge in [0.15, 0.2) is 0 Å². The summed E-state index contributed by atoms with van der Waals surface area (Å²) in [5, 5.41) is 3.27. The highest BCUT2D eigenvalue weighted by atomic mass is 16.1. The molecule has 16 heavy (non-hydrogen) atoms. The molecular formula is C13H18N2O. The van der Waals surface area contributed by atoms with Crippen molar-refractivity contribution in [1.29, 1.82) is 0 Å². The molecule has 0 spiro atoms. The molecule has 3 heteroatoms. The highest BCUT2D eigenvalue weighted by molar-refractivity contribution is 5.81. The molecule has 1 heterocycles. The zero-order chi connectivity index (χ0) is 11.4. The highest BCUT2D eigenvalue weighted by Crippen LogP contribution is 2.10. The predicted molar refractivity (Wildman–Crippen MR) is 64.2 cm³/mol. The lowest BCUT2D eigenvalue weighted by Gasteiger charge is -2.34. The van der Waals surface area contributed by atoms with Gasteiger partial charge in [-0.15, -0.1) is 0 Å². The predicted octanol–water partition coefficient (Wildman–Crippen LogP) is 1.05. The Labute approximate surface area is 96.5 Å². The highest BCUT2D eigenvalue weighted by Gasteiger charge is 2.25. The molecule has 0 amide bonds. The number of nitrogens with one attached hydrogen (secondary N) is 1. The lowest BCUT2D eigenvalue weighted by Crippen LogP contribution is -2.53. The van der Waals surface area contributed by atoms with Crippen LogP contribution in [0.25, 0.3) is 0 Å². The number of piperazine rings is 1. The van der Waals surface area contributed by atoms with Crippen LogP contribution in [-0.4, -0.2) is 36.4 Å². The zero-order valence-electron chi connectivity index (χ0n) is 9.65. The maximum Gasteiger partial charge on any atom is 0.148 e. The van der Waals surface area contributed by atoms with Gasteiger partial charge in [0.2, 0.25) is 0 Å². The van der Waals surface area contributed by atoms with Gasteiger partial charge in [0.05, 0.1) is 6.04 Å². The van der Waals surface area contributed by atoms with Crippen molar-refractivity contribution in [3.63, 3.8) is 0 Å². The van der Waals surface area contributed by atoms with Crippen LogP contribution >= 0.6 is 0 Å². The fourth-order valence-electron chi connectivity index (χ4n) is 2.15. The molecule has 1 unspecified atom stereocenters. The van der Waals surface area contributed by atoms with Crippen molar-refractivity contribution in [3.05, 3.63) is 35.9 Å². The SMILES string of the molecule is CC(=O)C1CNCCN1Cc1ccccc1. The van der Waals surface area contributed by atoms with Crippen LogP contribution in [0.5, 0.6) is 0 Å². The number of ketones is 1. The summed E-state index contributed by atoms with van der Waals surface area (Å²) in [5.74, 6) is 0.253. The molecule has 1 fully saturated rings. The Morgan fingerprint density at radius 1 is 1.44 bits per heavy atom. The summed E-state index contributed by atoms with van der Waals surface area (Å²) >= 11 is 0. The largest absolute Gasteiger partial charge is 0.313 e. The van der Waals surface area contributed by atoms with E-state index in [9.17, 15) is 4.79 Å². The van der Waals surface area contributed by atoms with Gasteiger partial charge in [-0.25, -0.2) is 0 Å². The number of benzene rings is 1. The first-order chi connectivity index (χ1) is 7.77. The Hall–Kier alpha value is -1.19. The number of carbonyl (C=O) groups excluding carboxylic acids is 1. The first-order valence-corrected chi connectivity index (χ1v) is 5.76. The summed E-state index contributed by atoms with van der Waals surface area (Å²) in [7, 11) is 0. The van der Waals surface area contributed by atoms with Gasteiger partial charge < -0.3 is 5.32 Å². The Kier molecular flexibility index (Phi) is 3.70. The fourth-order valence-corrected chi connectivity index (χ4v) is 2.15. The summed E-state index contributed by atoms with van der Waals surface area (Å²) in [6.45, 7) is 5.24. The van der Waals surface area contributed by atoms with Crippen LogP contribution in [0.3, 0.4) is 0 Å². The second-order valence-corrected chi connectivity index (χ2v) is 4.29. The van der Waals surface area contributed by atoms with E-state index in [1.165, 1.54) is 5.56 Å². The maximum absolute atomic E-state index is 11.5. The molecule has 2 rings (SSSR count). The van der Waals surface area contributed by atoms with Gasteiger partial charge in [-0.3, -0.25) is 9.69 Å². The Bertz CT molecular complexity index is 350. The van der Waals surface area contributed by atoms with Gasteiger partial charge in [-0.1, -0.05) is 30.3 Å². The van der Waals surface area contributed by atoms with Crippen molar-refractivity contribution in [3.8, 4) is 0 Å². The molecule has 3 nitrogen and oxygen atoms in total. The molecule has 1 atom stereocenters. The molecule has 1 N–H and O–H groups in total. The summed E-state index contributed by atoms with van der Waals surface area (Å²) < 4.78 is 0. The van der Waals surface area contributed by atoms with Gasteiger partial charge >= 0.3 is 0 Å². The Morgan fingerprint density at radius 2 is 2.19 bits per heavy atom. The quantitative estimate of drug-likeness (QED) is 0.823. The van der Waals surface area contributed by atoms with Crippen molar-refractivity contribution in [2.45, 2.75) is 19.5 Å². The molecule has 1 aromatic rings. The van der Waals surface area contributed by atoms with Gasteiger partial charge in [-0.2, -0.15) is 0 Å². The number of carbonyl (C=O) groups is 1. The topological polar surface area (TPSA) is 32.3 Å². The molecule has 1 aliphatic rings. The van der Waals surface area contributed by atoms with Crippen molar-refractivity contribution >= 4 is 5.78 Å². The third kappa shape index (κ3) is 2.68. The number of rotatable bonds is 3. The van der Waals surface area contributed by atoms with Gasteiger partial charge in [0, 0.05) is 26.2 Å². The molecule has 0 aliphatic carbocycles.